The molecule has 1 fully saturated rings. The van der Waals surface area contributed by atoms with Gasteiger partial charge in [0, 0.05) is 31.1 Å². The molecule has 1 saturated carbocycles. The highest BCUT2D eigenvalue weighted by Crippen LogP contribution is 2.41. The molecule has 0 spiro atoms. The van der Waals surface area contributed by atoms with E-state index in [0.29, 0.717) is 12.5 Å². The average molecular weight is 420 g/mol. The number of carbonyl (C=O) groups is 1. The standard InChI is InChI=1S/C16H20ClFN3O5P/c17-15-7-14(19-20-15)16(22)21(8-10-2-1-3-10)9-11-4-5-12(6-13(11)18)26-27(23,24)25/h5-7,10-11H,1-4,8-9H2,(H,19,20)(H2,23,24,25). The van der Waals surface area contributed by atoms with Crippen molar-refractivity contribution in [2.24, 2.45) is 11.8 Å². The third kappa shape index (κ3) is 5.42. The molecule has 1 atom stereocenters. The Bertz CT molecular complexity index is 817. The third-order valence-corrected chi connectivity index (χ3v) is 5.35. The van der Waals surface area contributed by atoms with Gasteiger partial charge in [0.05, 0.1) is 0 Å². The maximum Gasteiger partial charge on any atom is 0.524 e. The molecule has 1 aromatic rings. The lowest BCUT2D eigenvalue weighted by molar-refractivity contribution is 0.0659. The molecule has 11 heteroatoms. The second kappa shape index (κ2) is 8.14. The van der Waals surface area contributed by atoms with E-state index < -0.39 is 19.6 Å². The van der Waals surface area contributed by atoms with E-state index in [0.717, 1.165) is 25.3 Å². The first-order valence-corrected chi connectivity index (χ1v) is 10.4. The summed E-state index contributed by atoms with van der Waals surface area (Å²) in [5.74, 6) is -1.34. The fourth-order valence-corrected chi connectivity index (χ4v) is 3.67. The van der Waals surface area contributed by atoms with Crippen molar-refractivity contribution >= 4 is 25.3 Å². The summed E-state index contributed by atoms with van der Waals surface area (Å²) in [5.41, 5.74) is 0.237. The van der Waals surface area contributed by atoms with Crippen molar-refractivity contribution in [3.05, 3.63) is 40.7 Å². The number of nitrogens with zero attached hydrogens (tertiary/aromatic N) is 2. The first-order valence-electron chi connectivity index (χ1n) is 8.54. The van der Waals surface area contributed by atoms with Crippen LogP contribution in [0.1, 0.15) is 36.2 Å². The number of aromatic amines is 1. The molecule has 0 saturated heterocycles. The van der Waals surface area contributed by atoms with Crippen molar-refractivity contribution in [2.75, 3.05) is 13.1 Å². The van der Waals surface area contributed by atoms with Crippen LogP contribution in [0.25, 0.3) is 0 Å². The average Bonchev–Trinajstić information content (AvgIpc) is 2.96. The number of rotatable bonds is 7. The van der Waals surface area contributed by atoms with Gasteiger partial charge in [0.25, 0.3) is 5.91 Å². The summed E-state index contributed by atoms with van der Waals surface area (Å²) in [7, 11) is -4.74. The number of amides is 1. The number of allylic oxidation sites excluding steroid dienone is 2. The molecular formula is C16H20ClFN3O5P. The van der Waals surface area contributed by atoms with Gasteiger partial charge in [0.15, 0.2) is 5.15 Å². The number of halogens is 2. The van der Waals surface area contributed by atoms with Crippen LogP contribution in [-0.2, 0) is 9.09 Å². The second-order valence-electron chi connectivity index (χ2n) is 6.76. The molecule has 2 aliphatic carbocycles. The summed E-state index contributed by atoms with van der Waals surface area (Å²) < 4.78 is 29.7. The molecule has 0 bridgehead atoms. The first kappa shape index (κ1) is 20.1. The summed E-state index contributed by atoms with van der Waals surface area (Å²) in [6.07, 6.45) is 5.69. The van der Waals surface area contributed by atoms with Gasteiger partial charge in [0.1, 0.15) is 17.3 Å². The van der Waals surface area contributed by atoms with Crippen LogP contribution in [-0.4, -0.2) is 43.9 Å². The van der Waals surface area contributed by atoms with E-state index in [9.17, 15) is 13.8 Å². The second-order valence-corrected chi connectivity index (χ2v) is 8.31. The van der Waals surface area contributed by atoms with E-state index in [4.69, 9.17) is 21.4 Å². The van der Waals surface area contributed by atoms with E-state index in [2.05, 4.69) is 14.7 Å². The predicted molar refractivity (Wildman–Crippen MR) is 95.4 cm³/mol. The minimum atomic E-state index is -4.74. The Balaban J connectivity index is 1.70. The van der Waals surface area contributed by atoms with Gasteiger partial charge in [-0.25, -0.2) is 8.96 Å². The number of hydrogen-bond donors (Lipinski definition) is 3. The number of phosphoric ester groups is 1. The summed E-state index contributed by atoms with van der Waals surface area (Å²) >= 11 is 5.77. The highest BCUT2D eigenvalue weighted by Gasteiger charge is 2.30. The zero-order valence-corrected chi connectivity index (χ0v) is 16.0. The normalized spacial score (nSPS) is 20.5. The molecule has 3 N–H and O–H groups in total. The molecule has 2 aliphatic rings. The molecule has 0 aromatic carbocycles. The fraction of sp³-hybridized carbons (Fsp3) is 0.500. The first-order chi connectivity index (χ1) is 12.7. The van der Waals surface area contributed by atoms with Gasteiger partial charge in [-0.3, -0.25) is 19.7 Å². The molecule has 1 amide bonds. The summed E-state index contributed by atoms with van der Waals surface area (Å²) in [6.45, 7) is 0.642. The molecule has 148 valence electrons. The van der Waals surface area contributed by atoms with Gasteiger partial charge in [0.2, 0.25) is 0 Å². The molecular weight excluding hydrogens is 400 g/mol. The van der Waals surface area contributed by atoms with Crippen molar-refractivity contribution in [3.63, 3.8) is 0 Å². The number of H-pyrrole nitrogens is 1. The lowest BCUT2D eigenvalue weighted by Gasteiger charge is -2.34. The largest absolute Gasteiger partial charge is 0.524 e. The van der Waals surface area contributed by atoms with E-state index in [1.54, 1.807) is 4.90 Å². The maximum atomic E-state index is 14.4. The zero-order valence-electron chi connectivity index (χ0n) is 14.3. The van der Waals surface area contributed by atoms with Crippen LogP contribution in [0.3, 0.4) is 0 Å². The maximum absolute atomic E-state index is 14.4. The molecule has 8 nitrogen and oxygen atoms in total. The highest BCUT2D eigenvalue weighted by molar-refractivity contribution is 7.46. The van der Waals surface area contributed by atoms with Crippen molar-refractivity contribution in [1.82, 2.24) is 15.1 Å². The Hall–Kier alpha value is -1.67. The molecule has 27 heavy (non-hydrogen) atoms. The van der Waals surface area contributed by atoms with Crippen LogP contribution in [0.5, 0.6) is 0 Å². The molecule has 1 heterocycles. The zero-order chi connectivity index (χ0) is 19.6. The van der Waals surface area contributed by atoms with Gasteiger partial charge in [-0.15, -0.1) is 0 Å². The smallest absolute Gasteiger partial charge is 0.405 e. The number of phosphoric acid groups is 1. The Morgan fingerprint density at radius 1 is 1.44 bits per heavy atom. The lowest BCUT2D eigenvalue weighted by atomic mass is 9.84. The quantitative estimate of drug-likeness (QED) is 0.584. The van der Waals surface area contributed by atoms with Crippen LogP contribution < -0.4 is 0 Å². The number of nitrogens with one attached hydrogen (secondary N) is 1. The Labute approximate surface area is 160 Å². The van der Waals surface area contributed by atoms with Crippen molar-refractivity contribution in [3.8, 4) is 0 Å². The minimum absolute atomic E-state index is 0.133. The fourth-order valence-electron chi connectivity index (χ4n) is 3.12. The van der Waals surface area contributed by atoms with Gasteiger partial charge < -0.3 is 9.42 Å². The van der Waals surface area contributed by atoms with Crippen molar-refractivity contribution < 1.29 is 28.1 Å². The van der Waals surface area contributed by atoms with Crippen LogP contribution in [0, 0.1) is 11.8 Å². The van der Waals surface area contributed by atoms with Crippen molar-refractivity contribution in [1.29, 1.82) is 0 Å². The van der Waals surface area contributed by atoms with Gasteiger partial charge >= 0.3 is 7.82 Å². The van der Waals surface area contributed by atoms with E-state index in [-0.39, 0.29) is 35.5 Å². The summed E-state index contributed by atoms with van der Waals surface area (Å²) in [5, 5.41) is 6.50. The molecule has 0 aliphatic heterocycles. The van der Waals surface area contributed by atoms with Gasteiger partial charge in [-0.05, 0) is 31.3 Å². The van der Waals surface area contributed by atoms with Crippen LogP contribution in [0.2, 0.25) is 5.15 Å². The molecule has 3 rings (SSSR count). The third-order valence-electron chi connectivity index (χ3n) is 4.71. The van der Waals surface area contributed by atoms with E-state index >= 15 is 0 Å². The summed E-state index contributed by atoms with van der Waals surface area (Å²) in [4.78, 5) is 32.0. The van der Waals surface area contributed by atoms with Gasteiger partial charge in [-0.1, -0.05) is 18.0 Å². The monoisotopic (exact) mass is 419 g/mol. The predicted octanol–water partition coefficient (Wildman–Crippen LogP) is 3.17. The van der Waals surface area contributed by atoms with Crippen LogP contribution in [0.15, 0.2) is 29.8 Å². The van der Waals surface area contributed by atoms with Crippen LogP contribution >= 0.6 is 19.4 Å². The summed E-state index contributed by atoms with van der Waals surface area (Å²) in [6, 6.07) is 1.43. The molecule has 0 radical (unpaired) electrons. The molecule has 1 unspecified atom stereocenters. The van der Waals surface area contributed by atoms with E-state index in [1.165, 1.54) is 12.1 Å². The Kier molecular flexibility index (Phi) is 6.05. The number of carbonyl (C=O) groups excluding carboxylic acids is 1. The lowest BCUT2D eigenvalue weighted by Crippen LogP contribution is -2.41. The number of aromatic nitrogens is 2. The van der Waals surface area contributed by atoms with Crippen molar-refractivity contribution in [2.45, 2.75) is 25.7 Å². The number of hydrogen-bond acceptors (Lipinski definition) is 4. The SMILES string of the molecule is O=C(c1cc(Cl)n[nH]1)N(CC1CCC1)CC1CC=C(OP(=O)(O)O)C=C1F. The minimum Gasteiger partial charge on any atom is -0.405 e. The van der Waals surface area contributed by atoms with Gasteiger partial charge in [-0.2, -0.15) is 5.10 Å². The topological polar surface area (TPSA) is 116 Å². The Morgan fingerprint density at radius 3 is 2.70 bits per heavy atom. The Morgan fingerprint density at radius 2 is 2.19 bits per heavy atom. The molecule has 1 aromatic heterocycles. The highest BCUT2D eigenvalue weighted by atomic mass is 35.5. The van der Waals surface area contributed by atoms with E-state index in [1.807, 2.05) is 0 Å². The van der Waals surface area contributed by atoms with Crippen LogP contribution in [0.4, 0.5) is 4.39 Å².